The van der Waals surface area contributed by atoms with Gasteiger partial charge in [0.25, 0.3) is 0 Å². The molecular weight excluding hydrogens is 291 g/mol. The van der Waals surface area contributed by atoms with Crippen LogP contribution in [-0.4, -0.2) is 9.79 Å². The molecule has 7 heteroatoms. The van der Waals surface area contributed by atoms with E-state index < -0.39 is 7.82 Å². The van der Waals surface area contributed by atoms with Crippen LogP contribution in [0.25, 0.3) is 0 Å². The fourth-order valence-corrected chi connectivity index (χ4v) is 2.05. The molecule has 0 fully saturated rings. The van der Waals surface area contributed by atoms with Crippen molar-refractivity contribution in [2.75, 3.05) is 0 Å². The molecule has 0 saturated carbocycles. The minimum Gasteiger partial charge on any atom is -0.456 e. The Balaban J connectivity index is 2.28. The standard InChI is InChI=1S/C12H10ClO5P/c13-12-10(17-9-5-2-1-3-6-9)7-4-8-11(12)18-19(14,15)16/h1-8H,(H2,14,15,16). The van der Waals surface area contributed by atoms with Crippen molar-refractivity contribution in [3.8, 4) is 17.2 Å². The molecule has 19 heavy (non-hydrogen) atoms. The molecule has 100 valence electrons. The molecule has 0 radical (unpaired) electrons. The summed E-state index contributed by atoms with van der Waals surface area (Å²) in [4.78, 5) is 17.5. The number of para-hydroxylation sites is 1. The summed E-state index contributed by atoms with van der Waals surface area (Å²) in [6.45, 7) is 0. The van der Waals surface area contributed by atoms with Crippen LogP contribution in [0.5, 0.6) is 17.2 Å². The van der Waals surface area contributed by atoms with Gasteiger partial charge in [0.1, 0.15) is 16.5 Å². The van der Waals surface area contributed by atoms with Crippen LogP contribution in [0.1, 0.15) is 0 Å². The average molecular weight is 301 g/mol. The van der Waals surface area contributed by atoms with Gasteiger partial charge in [-0.1, -0.05) is 35.9 Å². The molecule has 0 amide bonds. The molecule has 0 unspecified atom stereocenters. The van der Waals surface area contributed by atoms with Gasteiger partial charge in [-0.05, 0) is 24.3 Å². The average Bonchev–Trinajstić information content (AvgIpc) is 2.34. The largest absolute Gasteiger partial charge is 0.524 e. The van der Waals surface area contributed by atoms with Crippen LogP contribution in [0, 0.1) is 0 Å². The summed E-state index contributed by atoms with van der Waals surface area (Å²) in [6, 6.07) is 13.3. The van der Waals surface area contributed by atoms with E-state index >= 15 is 0 Å². The number of ether oxygens (including phenoxy) is 1. The van der Waals surface area contributed by atoms with Gasteiger partial charge < -0.3 is 9.26 Å². The predicted octanol–water partition coefficient (Wildman–Crippen LogP) is 3.60. The molecule has 2 aromatic carbocycles. The number of phosphoric acid groups is 1. The quantitative estimate of drug-likeness (QED) is 0.844. The molecule has 0 aliphatic heterocycles. The lowest BCUT2D eigenvalue weighted by Gasteiger charge is -2.12. The summed E-state index contributed by atoms with van der Waals surface area (Å²) in [5.41, 5.74) is 0. The van der Waals surface area contributed by atoms with Crippen molar-refractivity contribution in [1.29, 1.82) is 0 Å². The Hall–Kier alpha value is -1.52. The third-order valence-electron chi connectivity index (χ3n) is 2.12. The van der Waals surface area contributed by atoms with Crippen molar-refractivity contribution in [3.63, 3.8) is 0 Å². The van der Waals surface area contributed by atoms with E-state index in [9.17, 15) is 4.57 Å². The molecule has 0 bridgehead atoms. The van der Waals surface area contributed by atoms with Crippen molar-refractivity contribution in [3.05, 3.63) is 53.6 Å². The van der Waals surface area contributed by atoms with Gasteiger partial charge in [-0.15, -0.1) is 0 Å². The molecule has 0 saturated heterocycles. The Morgan fingerprint density at radius 2 is 1.58 bits per heavy atom. The fourth-order valence-electron chi connectivity index (χ4n) is 1.38. The second kappa shape index (κ2) is 5.63. The highest BCUT2D eigenvalue weighted by Gasteiger charge is 2.19. The van der Waals surface area contributed by atoms with E-state index in [4.69, 9.17) is 26.1 Å². The first-order chi connectivity index (χ1) is 8.96. The SMILES string of the molecule is O=P(O)(O)Oc1cccc(Oc2ccccc2)c1Cl. The smallest absolute Gasteiger partial charge is 0.456 e. The van der Waals surface area contributed by atoms with Crippen molar-refractivity contribution >= 4 is 19.4 Å². The van der Waals surface area contributed by atoms with E-state index in [1.54, 1.807) is 30.3 Å². The van der Waals surface area contributed by atoms with Gasteiger partial charge in [0.15, 0.2) is 5.75 Å². The molecule has 0 atom stereocenters. The van der Waals surface area contributed by atoms with E-state index in [1.807, 2.05) is 6.07 Å². The number of phosphoric ester groups is 1. The summed E-state index contributed by atoms with van der Waals surface area (Å²) < 4.78 is 20.8. The van der Waals surface area contributed by atoms with Crippen LogP contribution < -0.4 is 9.26 Å². The maximum atomic E-state index is 10.8. The maximum absolute atomic E-state index is 10.8. The van der Waals surface area contributed by atoms with E-state index in [0.29, 0.717) is 5.75 Å². The van der Waals surface area contributed by atoms with E-state index in [2.05, 4.69) is 4.52 Å². The third-order valence-corrected chi connectivity index (χ3v) is 2.92. The number of rotatable bonds is 4. The van der Waals surface area contributed by atoms with Gasteiger partial charge >= 0.3 is 7.82 Å². The molecule has 2 N–H and O–H groups in total. The molecule has 2 aromatic rings. The van der Waals surface area contributed by atoms with Crippen LogP contribution in [0.4, 0.5) is 0 Å². The lowest BCUT2D eigenvalue weighted by molar-refractivity contribution is 0.283. The first kappa shape index (κ1) is 13.9. The number of hydrogen-bond acceptors (Lipinski definition) is 3. The van der Waals surface area contributed by atoms with Gasteiger partial charge in [0.05, 0.1) is 0 Å². The summed E-state index contributed by atoms with van der Waals surface area (Å²) in [7, 11) is -4.66. The normalized spacial score (nSPS) is 11.1. The van der Waals surface area contributed by atoms with E-state index in [-0.39, 0.29) is 16.5 Å². The van der Waals surface area contributed by atoms with Gasteiger partial charge in [-0.25, -0.2) is 4.57 Å². The highest BCUT2D eigenvalue weighted by molar-refractivity contribution is 7.46. The van der Waals surface area contributed by atoms with Crippen molar-refractivity contribution in [1.82, 2.24) is 0 Å². The molecule has 0 heterocycles. The van der Waals surface area contributed by atoms with Crippen molar-refractivity contribution in [2.24, 2.45) is 0 Å². The Bertz CT molecular complexity index is 611. The summed E-state index contributed by atoms with van der Waals surface area (Å²) >= 11 is 5.97. The highest BCUT2D eigenvalue weighted by atomic mass is 35.5. The van der Waals surface area contributed by atoms with E-state index in [0.717, 1.165) is 0 Å². The summed E-state index contributed by atoms with van der Waals surface area (Å²) in [5.74, 6) is 0.667. The maximum Gasteiger partial charge on any atom is 0.524 e. The molecule has 5 nitrogen and oxygen atoms in total. The van der Waals surface area contributed by atoms with E-state index in [1.165, 1.54) is 12.1 Å². The number of halogens is 1. The second-order valence-electron chi connectivity index (χ2n) is 3.57. The van der Waals surface area contributed by atoms with Gasteiger partial charge in [-0.2, -0.15) is 0 Å². The topological polar surface area (TPSA) is 76.0 Å². The molecule has 2 rings (SSSR count). The summed E-state index contributed by atoms with van der Waals surface area (Å²) in [5, 5.41) is -0.00493. The minimum absolute atomic E-state index is 0.00493. The lowest BCUT2D eigenvalue weighted by atomic mass is 10.3. The monoisotopic (exact) mass is 300 g/mol. The lowest BCUT2D eigenvalue weighted by Crippen LogP contribution is -1.92. The Morgan fingerprint density at radius 1 is 0.947 bits per heavy atom. The number of benzene rings is 2. The van der Waals surface area contributed by atoms with Crippen LogP contribution in [0.3, 0.4) is 0 Å². The van der Waals surface area contributed by atoms with Crippen LogP contribution in [-0.2, 0) is 4.57 Å². The zero-order chi connectivity index (χ0) is 13.9. The summed E-state index contributed by atoms with van der Waals surface area (Å²) in [6.07, 6.45) is 0. The fraction of sp³-hybridized carbons (Fsp3) is 0. The Kier molecular flexibility index (Phi) is 4.12. The second-order valence-corrected chi connectivity index (χ2v) is 5.11. The van der Waals surface area contributed by atoms with Crippen LogP contribution in [0.15, 0.2) is 48.5 Å². The molecule has 0 spiro atoms. The van der Waals surface area contributed by atoms with Crippen LogP contribution in [0.2, 0.25) is 5.02 Å². The first-order valence-corrected chi connectivity index (χ1v) is 7.13. The zero-order valence-corrected chi connectivity index (χ0v) is 11.2. The van der Waals surface area contributed by atoms with Crippen molar-refractivity contribution < 1.29 is 23.6 Å². The first-order valence-electron chi connectivity index (χ1n) is 5.22. The van der Waals surface area contributed by atoms with Gasteiger partial charge in [0.2, 0.25) is 0 Å². The number of hydrogen-bond donors (Lipinski definition) is 2. The van der Waals surface area contributed by atoms with Gasteiger partial charge in [0, 0.05) is 0 Å². The Morgan fingerprint density at radius 3 is 2.21 bits per heavy atom. The highest BCUT2D eigenvalue weighted by Crippen LogP contribution is 2.44. The molecule has 0 aromatic heterocycles. The molecule has 0 aliphatic rings. The Labute approximate surface area is 114 Å². The molecule has 0 aliphatic carbocycles. The zero-order valence-electron chi connectivity index (χ0n) is 9.56. The van der Waals surface area contributed by atoms with Crippen LogP contribution >= 0.6 is 19.4 Å². The van der Waals surface area contributed by atoms with Gasteiger partial charge in [-0.3, -0.25) is 9.79 Å². The third kappa shape index (κ3) is 3.98. The minimum atomic E-state index is -4.66. The predicted molar refractivity (Wildman–Crippen MR) is 70.6 cm³/mol. The van der Waals surface area contributed by atoms with Crippen molar-refractivity contribution in [2.45, 2.75) is 0 Å². The molecular formula is C12H10ClO5P.